The lowest BCUT2D eigenvalue weighted by Gasteiger charge is -2.23. The third-order valence-corrected chi connectivity index (χ3v) is 2.24. The van der Waals surface area contributed by atoms with E-state index in [1.54, 1.807) is 13.8 Å². The molecule has 0 aromatic heterocycles. The van der Waals surface area contributed by atoms with Gasteiger partial charge >= 0.3 is 12.0 Å². The zero-order chi connectivity index (χ0) is 12.6. The quantitative estimate of drug-likeness (QED) is 0.722. The van der Waals surface area contributed by atoms with Gasteiger partial charge in [-0.05, 0) is 37.1 Å². The van der Waals surface area contributed by atoms with Gasteiger partial charge in [0.1, 0.15) is 5.75 Å². The maximum absolute atomic E-state index is 12.9. The molecule has 0 spiro atoms. The van der Waals surface area contributed by atoms with Crippen molar-refractivity contribution in [2.45, 2.75) is 32.8 Å². The van der Waals surface area contributed by atoms with Gasteiger partial charge in [0.2, 0.25) is 0 Å². The molecular formula is C11H12F4O. The van der Waals surface area contributed by atoms with Crippen LogP contribution in [0.15, 0.2) is 18.2 Å². The molecule has 0 atom stereocenters. The van der Waals surface area contributed by atoms with Crippen LogP contribution >= 0.6 is 0 Å². The summed E-state index contributed by atoms with van der Waals surface area (Å²) in [7, 11) is 0. The van der Waals surface area contributed by atoms with E-state index in [1.165, 1.54) is 18.2 Å². The van der Waals surface area contributed by atoms with Gasteiger partial charge in [-0.25, -0.2) is 0 Å². The Balaban J connectivity index is 2.93. The van der Waals surface area contributed by atoms with Gasteiger partial charge in [0.25, 0.3) is 0 Å². The number of aryl methyl sites for hydroxylation is 2. The standard InChI is InChI=1S/C11H12F4O/c1-7-4-5-9(6-8(7)2)16-11(14,15)10(3,12)13/h4-6H,1-3H3. The Hall–Kier alpha value is -1.26. The molecule has 16 heavy (non-hydrogen) atoms. The van der Waals surface area contributed by atoms with E-state index in [0.29, 0.717) is 5.56 Å². The fraction of sp³-hybridized carbons (Fsp3) is 0.455. The highest BCUT2D eigenvalue weighted by Gasteiger charge is 2.55. The number of ether oxygens (including phenoxy) is 1. The molecule has 0 aliphatic rings. The molecule has 0 heterocycles. The van der Waals surface area contributed by atoms with Crippen molar-refractivity contribution in [1.29, 1.82) is 0 Å². The maximum atomic E-state index is 12.9. The highest BCUT2D eigenvalue weighted by atomic mass is 19.3. The highest BCUT2D eigenvalue weighted by Crippen LogP contribution is 2.36. The molecule has 1 aromatic rings. The summed E-state index contributed by atoms with van der Waals surface area (Å²) in [4.78, 5) is 0. The minimum absolute atomic E-state index is 0.119. The van der Waals surface area contributed by atoms with Gasteiger partial charge in [-0.3, -0.25) is 0 Å². The fourth-order valence-corrected chi connectivity index (χ4v) is 1.02. The van der Waals surface area contributed by atoms with Crippen molar-refractivity contribution >= 4 is 0 Å². The first-order valence-electron chi connectivity index (χ1n) is 4.65. The van der Waals surface area contributed by atoms with Crippen LogP contribution in [0.5, 0.6) is 5.75 Å². The highest BCUT2D eigenvalue weighted by molar-refractivity contribution is 5.34. The SMILES string of the molecule is Cc1ccc(OC(F)(F)C(C)(F)F)cc1C. The van der Waals surface area contributed by atoms with Gasteiger partial charge in [-0.2, -0.15) is 17.6 Å². The summed E-state index contributed by atoms with van der Waals surface area (Å²) in [6.45, 7) is 3.59. The second-order valence-corrected chi connectivity index (χ2v) is 3.75. The van der Waals surface area contributed by atoms with E-state index >= 15 is 0 Å². The number of halogens is 4. The summed E-state index contributed by atoms with van der Waals surface area (Å²) < 4.78 is 54.8. The van der Waals surface area contributed by atoms with Crippen LogP contribution < -0.4 is 4.74 Å². The molecule has 0 aliphatic carbocycles. The Morgan fingerprint density at radius 2 is 1.56 bits per heavy atom. The third kappa shape index (κ3) is 2.65. The van der Waals surface area contributed by atoms with Crippen molar-refractivity contribution in [2.75, 3.05) is 0 Å². The first kappa shape index (κ1) is 12.8. The summed E-state index contributed by atoms with van der Waals surface area (Å²) in [6, 6.07) is 4.07. The van der Waals surface area contributed by atoms with Crippen LogP contribution in [0.1, 0.15) is 18.1 Å². The monoisotopic (exact) mass is 236 g/mol. The van der Waals surface area contributed by atoms with Gasteiger partial charge in [0.05, 0.1) is 0 Å². The van der Waals surface area contributed by atoms with Crippen molar-refractivity contribution in [2.24, 2.45) is 0 Å². The smallest absolute Gasteiger partial charge is 0.428 e. The Morgan fingerprint density at radius 1 is 1.00 bits per heavy atom. The third-order valence-electron chi connectivity index (χ3n) is 2.24. The average molecular weight is 236 g/mol. The lowest BCUT2D eigenvalue weighted by atomic mass is 10.1. The molecule has 5 heteroatoms. The zero-order valence-electron chi connectivity index (χ0n) is 9.15. The van der Waals surface area contributed by atoms with E-state index in [0.717, 1.165) is 5.56 Å². The van der Waals surface area contributed by atoms with Crippen LogP contribution in [0.4, 0.5) is 17.6 Å². The predicted molar refractivity (Wildman–Crippen MR) is 52.1 cm³/mol. The minimum Gasteiger partial charge on any atom is -0.428 e. The Bertz CT molecular complexity index is 382. The Kier molecular flexibility index (Phi) is 3.17. The lowest BCUT2D eigenvalue weighted by Crippen LogP contribution is -2.42. The summed E-state index contributed by atoms with van der Waals surface area (Å²) in [5.74, 6) is -4.49. The van der Waals surface area contributed by atoms with Gasteiger partial charge in [-0.15, -0.1) is 0 Å². The zero-order valence-corrected chi connectivity index (χ0v) is 9.15. The molecule has 0 saturated carbocycles. The van der Waals surface area contributed by atoms with Gasteiger partial charge in [0, 0.05) is 6.92 Å². The van der Waals surface area contributed by atoms with Crippen LogP contribution in [-0.2, 0) is 0 Å². The number of alkyl halides is 4. The van der Waals surface area contributed by atoms with Crippen LogP contribution in [0.2, 0.25) is 0 Å². The number of benzene rings is 1. The summed E-state index contributed by atoms with van der Waals surface area (Å²) >= 11 is 0. The summed E-state index contributed by atoms with van der Waals surface area (Å²) in [5, 5.41) is 0. The Labute approximate surface area is 91.0 Å². The Morgan fingerprint density at radius 3 is 2.00 bits per heavy atom. The minimum atomic E-state index is -4.51. The second-order valence-electron chi connectivity index (χ2n) is 3.75. The maximum Gasteiger partial charge on any atom is 0.463 e. The molecule has 0 radical (unpaired) electrons. The molecule has 0 saturated heterocycles. The van der Waals surface area contributed by atoms with Crippen LogP contribution in [-0.4, -0.2) is 12.0 Å². The van der Waals surface area contributed by atoms with E-state index in [1.807, 2.05) is 0 Å². The molecule has 0 amide bonds. The van der Waals surface area contributed by atoms with E-state index in [-0.39, 0.29) is 12.7 Å². The largest absolute Gasteiger partial charge is 0.463 e. The van der Waals surface area contributed by atoms with Crippen LogP contribution in [0, 0.1) is 13.8 Å². The van der Waals surface area contributed by atoms with Crippen molar-refractivity contribution < 1.29 is 22.3 Å². The molecule has 0 unspecified atom stereocenters. The first-order valence-corrected chi connectivity index (χ1v) is 4.65. The molecule has 1 aromatic carbocycles. The topological polar surface area (TPSA) is 9.23 Å². The number of hydrogen-bond donors (Lipinski definition) is 0. The molecule has 0 bridgehead atoms. The molecule has 0 N–H and O–H groups in total. The molecule has 90 valence electrons. The van der Waals surface area contributed by atoms with E-state index in [9.17, 15) is 17.6 Å². The fourth-order valence-electron chi connectivity index (χ4n) is 1.02. The number of rotatable bonds is 3. The van der Waals surface area contributed by atoms with Crippen molar-refractivity contribution in [3.63, 3.8) is 0 Å². The lowest BCUT2D eigenvalue weighted by molar-refractivity contribution is -0.301. The molecule has 0 aliphatic heterocycles. The second kappa shape index (κ2) is 3.96. The summed E-state index contributed by atoms with van der Waals surface area (Å²) in [6.07, 6.45) is -4.51. The van der Waals surface area contributed by atoms with Gasteiger partial charge < -0.3 is 4.74 Å². The van der Waals surface area contributed by atoms with Crippen molar-refractivity contribution in [1.82, 2.24) is 0 Å². The molecular weight excluding hydrogens is 224 g/mol. The summed E-state index contributed by atoms with van der Waals surface area (Å²) in [5.41, 5.74) is 1.58. The van der Waals surface area contributed by atoms with Crippen LogP contribution in [0.3, 0.4) is 0 Å². The molecule has 1 rings (SSSR count). The van der Waals surface area contributed by atoms with Gasteiger partial charge in [-0.1, -0.05) is 6.07 Å². The first-order chi connectivity index (χ1) is 7.13. The van der Waals surface area contributed by atoms with E-state index in [2.05, 4.69) is 4.74 Å². The number of hydrogen-bond acceptors (Lipinski definition) is 1. The normalized spacial score (nSPS) is 12.7. The van der Waals surface area contributed by atoms with Gasteiger partial charge in [0.15, 0.2) is 0 Å². The van der Waals surface area contributed by atoms with Crippen molar-refractivity contribution in [3.8, 4) is 5.75 Å². The van der Waals surface area contributed by atoms with Crippen LogP contribution in [0.25, 0.3) is 0 Å². The molecule has 0 fully saturated rings. The predicted octanol–water partition coefficient (Wildman–Crippen LogP) is 3.93. The van der Waals surface area contributed by atoms with E-state index in [4.69, 9.17) is 0 Å². The van der Waals surface area contributed by atoms with Crippen molar-refractivity contribution in [3.05, 3.63) is 29.3 Å². The van der Waals surface area contributed by atoms with E-state index < -0.39 is 12.0 Å². The average Bonchev–Trinajstić information content (AvgIpc) is 2.09. The molecule has 1 nitrogen and oxygen atoms in total.